The molecule has 35 heavy (non-hydrogen) atoms. The Kier molecular flexibility index (Phi) is 5.43. The average Bonchev–Trinajstić information content (AvgIpc) is 3.43. The summed E-state index contributed by atoms with van der Waals surface area (Å²) in [5.74, 6) is 1.79. The Morgan fingerprint density at radius 1 is 1.06 bits per heavy atom. The smallest absolute Gasteiger partial charge is 0.329 e. The van der Waals surface area contributed by atoms with Crippen LogP contribution in [0.4, 0.5) is 5.69 Å². The van der Waals surface area contributed by atoms with Gasteiger partial charge in [-0.05, 0) is 75.3 Å². The van der Waals surface area contributed by atoms with Crippen molar-refractivity contribution in [2.45, 2.75) is 70.1 Å². The van der Waals surface area contributed by atoms with Gasteiger partial charge in [-0.3, -0.25) is 9.59 Å². The van der Waals surface area contributed by atoms with Gasteiger partial charge in [0.1, 0.15) is 6.04 Å². The summed E-state index contributed by atoms with van der Waals surface area (Å²) in [5.41, 5.74) is 0.0942. The van der Waals surface area contributed by atoms with E-state index in [-0.39, 0.29) is 25.7 Å². The quantitative estimate of drug-likeness (QED) is 0.617. The molecule has 0 spiro atoms. The second-order valence-corrected chi connectivity index (χ2v) is 11.2. The number of benzene rings is 1. The van der Waals surface area contributed by atoms with E-state index in [2.05, 4.69) is 5.32 Å². The maximum atomic E-state index is 13.8. The van der Waals surface area contributed by atoms with E-state index < -0.39 is 35.5 Å². The highest BCUT2D eigenvalue weighted by Crippen LogP contribution is 2.60. The fourth-order valence-electron chi connectivity index (χ4n) is 7.46. The molecule has 4 aliphatic carbocycles. The summed E-state index contributed by atoms with van der Waals surface area (Å²) in [6.45, 7) is 1.77. The fraction of sp³-hybridized carbons (Fsp3) is 0.654. The molecule has 0 unspecified atom stereocenters. The number of nitrogens with one attached hydrogen (secondary N) is 1. The van der Waals surface area contributed by atoms with Crippen LogP contribution >= 0.6 is 0 Å². The molecule has 3 atom stereocenters. The number of likely N-dealkylation sites (tertiary alicyclic amines) is 1. The number of β-amino-alcohol motifs (C(OH)–C–C–N with tert-alkyl or cyclic N) is 1. The minimum atomic E-state index is -1.07. The van der Waals surface area contributed by atoms with Gasteiger partial charge in [-0.15, -0.1) is 0 Å². The Bertz CT molecular complexity index is 1020. The molecule has 5 fully saturated rings. The molecule has 7 rings (SSSR count). The van der Waals surface area contributed by atoms with Gasteiger partial charge in [0.25, 0.3) is 5.91 Å². The van der Waals surface area contributed by atoms with Gasteiger partial charge in [-0.2, -0.15) is 0 Å². The Morgan fingerprint density at radius 2 is 1.71 bits per heavy atom. The molecule has 6 aliphatic rings. The molecule has 2 heterocycles. The number of aliphatic hydroxyl groups excluding tert-OH is 1. The number of carbonyl (C=O) groups is 3. The molecule has 188 valence electrons. The molecular formula is C26H32N2O7. The summed E-state index contributed by atoms with van der Waals surface area (Å²) < 4.78 is 16.1. The number of hydrogen-bond acceptors (Lipinski definition) is 7. The molecule has 1 aromatic carbocycles. The van der Waals surface area contributed by atoms with Crippen molar-refractivity contribution >= 4 is 23.5 Å². The number of esters is 1. The van der Waals surface area contributed by atoms with Crippen molar-refractivity contribution in [2.75, 3.05) is 18.7 Å². The van der Waals surface area contributed by atoms with Gasteiger partial charge in [-0.1, -0.05) is 0 Å². The number of fused-ring (bicyclic) bond motifs is 1. The van der Waals surface area contributed by atoms with Crippen LogP contribution in [0.15, 0.2) is 18.2 Å². The molecule has 0 aromatic heterocycles. The van der Waals surface area contributed by atoms with E-state index in [0.717, 1.165) is 19.3 Å². The van der Waals surface area contributed by atoms with Gasteiger partial charge in [0.15, 0.2) is 17.6 Å². The molecule has 4 saturated carbocycles. The zero-order valence-corrected chi connectivity index (χ0v) is 19.9. The van der Waals surface area contributed by atoms with Gasteiger partial charge in [0, 0.05) is 24.7 Å². The Hall–Kier alpha value is -2.81. The standard InChI is InChI=1S/C26H32N2O7/c1-14(23(30)27-18-2-3-21-22(7-18)34-13-33-21)35-24(31)20-8-19(29)12-28(20)25(32)26-9-15-4-16(10-26)6-17(5-15)11-26/h2-3,7,14-17,19-20,29H,4-6,8-13H2,1H3,(H,27,30)/t14-,15?,16?,17?,19-,20+,26?/m0/s1. The molecule has 9 heteroatoms. The number of nitrogens with zero attached hydrogens (tertiary/aromatic N) is 1. The lowest BCUT2D eigenvalue weighted by molar-refractivity contribution is -0.168. The first-order valence-electron chi connectivity index (χ1n) is 12.7. The van der Waals surface area contributed by atoms with E-state index in [4.69, 9.17) is 14.2 Å². The van der Waals surface area contributed by atoms with Crippen LogP contribution in [0.2, 0.25) is 0 Å². The van der Waals surface area contributed by atoms with Gasteiger partial charge in [0.05, 0.1) is 11.5 Å². The second-order valence-electron chi connectivity index (χ2n) is 11.2. The number of anilines is 1. The number of rotatable bonds is 5. The van der Waals surface area contributed by atoms with Crippen molar-refractivity contribution in [3.05, 3.63) is 18.2 Å². The van der Waals surface area contributed by atoms with Crippen molar-refractivity contribution in [2.24, 2.45) is 23.2 Å². The maximum absolute atomic E-state index is 13.8. The lowest BCUT2D eigenvalue weighted by atomic mass is 9.49. The molecule has 1 saturated heterocycles. The van der Waals surface area contributed by atoms with E-state index in [9.17, 15) is 19.5 Å². The second kappa shape index (κ2) is 8.40. The van der Waals surface area contributed by atoms with Crippen molar-refractivity contribution in [3.63, 3.8) is 0 Å². The fourth-order valence-corrected chi connectivity index (χ4v) is 7.46. The van der Waals surface area contributed by atoms with Crippen molar-refractivity contribution < 1.29 is 33.7 Å². The van der Waals surface area contributed by atoms with Crippen molar-refractivity contribution in [3.8, 4) is 11.5 Å². The van der Waals surface area contributed by atoms with Gasteiger partial charge in [0.2, 0.25) is 12.7 Å². The van der Waals surface area contributed by atoms with Crippen molar-refractivity contribution in [1.29, 1.82) is 0 Å². The van der Waals surface area contributed by atoms with Crippen LogP contribution < -0.4 is 14.8 Å². The van der Waals surface area contributed by atoms with Crippen LogP contribution in [0.1, 0.15) is 51.9 Å². The van der Waals surface area contributed by atoms with Crippen molar-refractivity contribution in [1.82, 2.24) is 4.90 Å². The van der Waals surface area contributed by atoms with E-state index in [1.165, 1.54) is 26.2 Å². The lowest BCUT2D eigenvalue weighted by Gasteiger charge is -2.56. The first-order chi connectivity index (χ1) is 16.8. The number of amides is 2. The third-order valence-corrected chi connectivity index (χ3v) is 8.61. The predicted octanol–water partition coefficient (Wildman–Crippen LogP) is 2.46. The maximum Gasteiger partial charge on any atom is 0.329 e. The highest BCUT2D eigenvalue weighted by molar-refractivity contribution is 5.96. The van der Waals surface area contributed by atoms with E-state index in [1.807, 2.05) is 0 Å². The summed E-state index contributed by atoms with van der Waals surface area (Å²) in [5, 5.41) is 13.1. The molecule has 9 nitrogen and oxygen atoms in total. The molecule has 1 aromatic rings. The van der Waals surface area contributed by atoms with E-state index in [1.54, 1.807) is 23.1 Å². The zero-order valence-electron chi connectivity index (χ0n) is 19.9. The monoisotopic (exact) mass is 484 g/mol. The Balaban J connectivity index is 1.11. The largest absolute Gasteiger partial charge is 0.454 e. The van der Waals surface area contributed by atoms with Gasteiger partial charge >= 0.3 is 5.97 Å². The van der Waals surface area contributed by atoms with E-state index in [0.29, 0.717) is 34.9 Å². The molecule has 2 amide bonds. The summed E-state index contributed by atoms with van der Waals surface area (Å²) in [4.78, 5) is 41.2. The number of hydrogen-bond donors (Lipinski definition) is 2. The average molecular weight is 485 g/mol. The van der Waals surface area contributed by atoms with Crippen LogP contribution in [-0.2, 0) is 19.1 Å². The summed E-state index contributed by atoms with van der Waals surface area (Å²) in [6.07, 6.45) is 4.61. The Morgan fingerprint density at radius 3 is 2.40 bits per heavy atom. The van der Waals surface area contributed by atoms with Gasteiger partial charge in [-0.25, -0.2) is 4.79 Å². The molecule has 2 N–H and O–H groups in total. The summed E-state index contributed by atoms with van der Waals surface area (Å²) in [7, 11) is 0. The van der Waals surface area contributed by atoms with Crippen LogP contribution in [0, 0.1) is 23.2 Å². The Labute approximate surface area is 204 Å². The van der Waals surface area contributed by atoms with Crippen LogP contribution in [-0.4, -0.2) is 59.4 Å². The van der Waals surface area contributed by atoms with Gasteiger partial charge < -0.3 is 29.5 Å². The highest BCUT2D eigenvalue weighted by Gasteiger charge is 2.57. The normalized spacial score (nSPS) is 35.1. The summed E-state index contributed by atoms with van der Waals surface area (Å²) in [6, 6.07) is 4.15. The predicted molar refractivity (Wildman–Crippen MR) is 123 cm³/mol. The molecule has 0 radical (unpaired) electrons. The topological polar surface area (TPSA) is 114 Å². The lowest BCUT2D eigenvalue weighted by Crippen LogP contribution is -2.56. The number of carbonyl (C=O) groups excluding carboxylic acids is 3. The molecule has 2 aliphatic heterocycles. The van der Waals surface area contributed by atoms with Crippen LogP contribution in [0.25, 0.3) is 0 Å². The third-order valence-electron chi connectivity index (χ3n) is 8.61. The summed E-state index contributed by atoms with van der Waals surface area (Å²) >= 11 is 0. The first-order valence-corrected chi connectivity index (χ1v) is 12.7. The minimum Gasteiger partial charge on any atom is -0.454 e. The van der Waals surface area contributed by atoms with Crippen LogP contribution in [0.5, 0.6) is 11.5 Å². The first kappa shape index (κ1) is 22.6. The molecular weight excluding hydrogens is 452 g/mol. The third kappa shape index (κ3) is 4.03. The van der Waals surface area contributed by atoms with E-state index >= 15 is 0 Å². The molecule has 4 bridgehead atoms. The highest BCUT2D eigenvalue weighted by atomic mass is 16.7. The minimum absolute atomic E-state index is 0.00688. The van der Waals surface area contributed by atoms with Crippen LogP contribution in [0.3, 0.4) is 0 Å². The zero-order chi connectivity index (χ0) is 24.3. The number of aliphatic hydroxyl groups is 1. The number of ether oxygens (including phenoxy) is 3. The SMILES string of the molecule is C[C@H](OC(=O)[C@H]1C[C@H](O)CN1C(=O)C12CC3CC(CC(C3)C1)C2)C(=O)Nc1ccc2c(c1)OCO2.